The van der Waals surface area contributed by atoms with Gasteiger partial charge in [0.15, 0.2) is 0 Å². The van der Waals surface area contributed by atoms with Crippen molar-refractivity contribution in [3.63, 3.8) is 0 Å². The molecule has 5 nitrogen and oxygen atoms in total. The molecule has 0 radical (unpaired) electrons. The average molecular weight is 296 g/mol. The van der Waals surface area contributed by atoms with Crippen LogP contribution in [-0.2, 0) is 11.2 Å². The zero-order valence-corrected chi connectivity index (χ0v) is 13.2. The Labute approximate surface area is 124 Å². The van der Waals surface area contributed by atoms with E-state index >= 15 is 0 Å². The summed E-state index contributed by atoms with van der Waals surface area (Å²) in [5.74, 6) is 0.158. The molecule has 1 atom stereocenters. The minimum atomic E-state index is 0.158. The predicted molar refractivity (Wildman–Crippen MR) is 80.9 cm³/mol. The minimum Gasteiger partial charge on any atom is -0.356 e. The predicted octanol–water partition coefficient (Wildman–Crippen LogP) is 1.77. The molecule has 2 heterocycles. The van der Waals surface area contributed by atoms with Gasteiger partial charge in [0, 0.05) is 25.4 Å². The van der Waals surface area contributed by atoms with Crippen molar-refractivity contribution < 1.29 is 4.79 Å². The van der Waals surface area contributed by atoms with E-state index in [-0.39, 0.29) is 5.91 Å². The summed E-state index contributed by atoms with van der Waals surface area (Å²) in [6.45, 7) is 3.77. The molecule has 2 rings (SSSR count). The zero-order valence-electron chi connectivity index (χ0n) is 12.4. The highest BCUT2D eigenvalue weighted by Gasteiger charge is 2.19. The molecule has 1 aliphatic rings. The summed E-state index contributed by atoms with van der Waals surface area (Å²) < 4.78 is 0. The van der Waals surface area contributed by atoms with Crippen LogP contribution < -0.4 is 5.32 Å². The van der Waals surface area contributed by atoms with Crippen molar-refractivity contribution in [2.24, 2.45) is 0 Å². The van der Waals surface area contributed by atoms with Crippen molar-refractivity contribution in [3.05, 3.63) is 10.0 Å². The normalized spacial score (nSPS) is 20.0. The van der Waals surface area contributed by atoms with E-state index in [1.807, 2.05) is 6.92 Å². The second-order valence-corrected chi connectivity index (χ2v) is 6.75. The van der Waals surface area contributed by atoms with Gasteiger partial charge in [0.25, 0.3) is 0 Å². The molecule has 0 aliphatic carbocycles. The SMILES string of the molecule is Cc1nnc(CCNC(=O)CCC2CCCCN2C)s1. The Morgan fingerprint density at radius 2 is 2.30 bits per heavy atom. The molecule has 112 valence electrons. The molecule has 1 aliphatic heterocycles. The van der Waals surface area contributed by atoms with Crippen LogP contribution in [0.4, 0.5) is 0 Å². The molecule has 20 heavy (non-hydrogen) atoms. The van der Waals surface area contributed by atoms with Crippen LogP contribution in [0.2, 0.25) is 0 Å². The number of nitrogens with one attached hydrogen (secondary N) is 1. The molecule has 0 saturated carbocycles. The molecule has 0 bridgehead atoms. The van der Waals surface area contributed by atoms with Crippen LogP contribution >= 0.6 is 11.3 Å². The number of aromatic nitrogens is 2. The highest BCUT2D eigenvalue weighted by molar-refractivity contribution is 7.11. The monoisotopic (exact) mass is 296 g/mol. The first-order valence-corrected chi connectivity index (χ1v) is 8.22. The smallest absolute Gasteiger partial charge is 0.220 e. The van der Waals surface area contributed by atoms with Gasteiger partial charge in [-0.05, 0) is 39.8 Å². The molecule has 1 N–H and O–H groups in total. The Hall–Kier alpha value is -1.01. The number of rotatable bonds is 6. The quantitative estimate of drug-likeness (QED) is 0.869. The number of amides is 1. The summed E-state index contributed by atoms with van der Waals surface area (Å²) in [7, 11) is 2.17. The minimum absolute atomic E-state index is 0.158. The fourth-order valence-electron chi connectivity index (χ4n) is 2.64. The van der Waals surface area contributed by atoms with Crippen LogP contribution in [0.25, 0.3) is 0 Å². The number of likely N-dealkylation sites (tertiary alicyclic amines) is 1. The summed E-state index contributed by atoms with van der Waals surface area (Å²) >= 11 is 1.60. The molecule has 1 saturated heterocycles. The topological polar surface area (TPSA) is 58.1 Å². The summed E-state index contributed by atoms with van der Waals surface area (Å²) in [6.07, 6.45) is 6.20. The number of hydrogen-bond donors (Lipinski definition) is 1. The van der Waals surface area contributed by atoms with E-state index in [1.54, 1.807) is 11.3 Å². The van der Waals surface area contributed by atoms with Gasteiger partial charge in [-0.3, -0.25) is 4.79 Å². The maximum Gasteiger partial charge on any atom is 0.220 e. The first-order valence-electron chi connectivity index (χ1n) is 7.41. The van der Waals surface area contributed by atoms with Gasteiger partial charge in [0.1, 0.15) is 10.0 Å². The van der Waals surface area contributed by atoms with Crippen molar-refractivity contribution in [2.75, 3.05) is 20.1 Å². The lowest BCUT2D eigenvalue weighted by molar-refractivity contribution is -0.121. The molecule has 1 amide bonds. The van der Waals surface area contributed by atoms with E-state index in [4.69, 9.17) is 0 Å². The number of carbonyl (C=O) groups excluding carboxylic acids is 1. The van der Waals surface area contributed by atoms with E-state index in [0.29, 0.717) is 19.0 Å². The van der Waals surface area contributed by atoms with E-state index < -0.39 is 0 Å². The Balaban J connectivity index is 1.60. The van der Waals surface area contributed by atoms with Crippen molar-refractivity contribution in [1.82, 2.24) is 20.4 Å². The molecule has 0 aromatic carbocycles. The number of aryl methyl sites for hydroxylation is 1. The lowest BCUT2D eigenvalue weighted by atomic mass is 9.98. The highest BCUT2D eigenvalue weighted by atomic mass is 32.1. The van der Waals surface area contributed by atoms with E-state index in [9.17, 15) is 4.79 Å². The van der Waals surface area contributed by atoms with E-state index in [2.05, 4.69) is 27.5 Å². The first kappa shape index (κ1) is 15.4. The third kappa shape index (κ3) is 4.83. The largest absolute Gasteiger partial charge is 0.356 e. The van der Waals surface area contributed by atoms with Crippen LogP contribution in [0.3, 0.4) is 0 Å². The van der Waals surface area contributed by atoms with Gasteiger partial charge < -0.3 is 10.2 Å². The van der Waals surface area contributed by atoms with Crippen molar-refractivity contribution >= 4 is 17.2 Å². The third-order valence-corrected chi connectivity index (χ3v) is 4.75. The van der Waals surface area contributed by atoms with Gasteiger partial charge in [-0.2, -0.15) is 0 Å². The molecule has 6 heteroatoms. The summed E-state index contributed by atoms with van der Waals surface area (Å²) in [5.41, 5.74) is 0. The lowest BCUT2D eigenvalue weighted by Crippen LogP contribution is -2.37. The second-order valence-electron chi connectivity index (χ2n) is 5.48. The lowest BCUT2D eigenvalue weighted by Gasteiger charge is -2.32. The maximum atomic E-state index is 11.8. The van der Waals surface area contributed by atoms with Crippen LogP contribution in [-0.4, -0.2) is 47.2 Å². The van der Waals surface area contributed by atoms with E-state index in [0.717, 1.165) is 22.9 Å². The summed E-state index contributed by atoms with van der Waals surface area (Å²) in [5, 5.41) is 13.0. The number of nitrogens with zero attached hydrogens (tertiary/aromatic N) is 3. The van der Waals surface area contributed by atoms with Crippen LogP contribution in [0.5, 0.6) is 0 Å². The van der Waals surface area contributed by atoms with Gasteiger partial charge in [0.05, 0.1) is 0 Å². The third-order valence-electron chi connectivity index (χ3n) is 3.86. The number of hydrogen-bond acceptors (Lipinski definition) is 5. The molecule has 1 unspecified atom stereocenters. The van der Waals surface area contributed by atoms with Gasteiger partial charge in [-0.1, -0.05) is 6.42 Å². The molecular weight excluding hydrogens is 272 g/mol. The van der Waals surface area contributed by atoms with Gasteiger partial charge in [-0.15, -0.1) is 21.5 Å². The second kappa shape index (κ2) is 7.69. The van der Waals surface area contributed by atoms with Crippen LogP contribution in [0, 0.1) is 6.92 Å². The fourth-order valence-corrected chi connectivity index (χ4v) is 3.35. The Morgan fingerprint density at radius 1 is 1.45 bits per heavy atom. The first-order chi connectivity index (χ1) is 9.65. The van der Waals surface area contributed by atoms with Crippen LogP contribution in [0.15, 0.2) is 0 Å². The average Bonchev–Trinajstić information content (AvgIpc) is 2.83. The zero-order chi connectivity index (χ0) is 14.4. The van der Waals surface area contributed by atoms with Gasteiger partial charge >= 0.3 is 0 Å². The van der Waals surface area contributed by atoms with Crippen molar-refractivity contribution in [2.45, 2.75) is 51.5 Å². The molecular formula is C14H24N4OS. The van der Waals surface area contributed by atoms with Crippen LogP contribution in [0.1, 0.15) is 42.1 Å². The molecule has 0 spiro atoms. The van der Waals surface area contributed by atoms with E-state index in [1.165, 1.54) is 25.8 Å². The Morgan fingerprint density at radius 3 is 3.00 bits per heavy atom. The number of piperidine rings is 1. The van der Waals surface area contributed by atoms with Crippen molar-refractivity contribution in [3.8, 4) is 0 Å². The maximum absolute atomic E-state index is 11.8. The molecule has 1 aromatic rings. The summed E-state index contributed by atoms with van der Waals surface area (Å²) in [6, 6.07) is 0.584. The van der Waals surface area contributed by atoms with Crippen molar-refractivity contribution in [1.29, 1.82) is 0 Å². The number of carbonyl (C=O) groups is 1. The Kier molecular flexibility index (Phi) is 5.91. The standard InChI is InChI=1S/C14H24N4OS/c1-11-16-17-14(20-11)8-9-15-13(19)7-6-12-5-3-4-10-18(12)2/h12H,3-10H2,1-2H3,(H,15,19). The Bertz CT molecular complexity index is 435. The van der Waals surface area contributed by atoms with Gasteiger partial charge in [0.2, 0.25) is 5.91 Å². The molecule has 1 fully saturated rings. The summed E-state index contributed by atoms with van der Waals surface area (Å²) in [4.78, 5) is 14.2. The highest BCUT2D eigenvalue weighted by Crippen LogP contribution is 2.18. The van der Waals surface area contributed by atoms with Gasteiger partial charge in [-0.25, -0.2) is 0 Å². The fraction of sp³-hybridized carbons (Fsp3) is 0.786. The molecule has 1 aromatic heterocycles.